The minimum atomic E-state index is -1.35. The van der Waals surface area contributed by atoms with Crippen molar-refractivity contribution in [1.82, 2.24) is 20.6 Å². The fourth-order valence-corrected chi connectivity index (χ4v) is 9.47. The number of ether oxygens (including phenoxy) is 3. The normalized spacial score (nSPS) is 14.6. The second-order valence-corrected chi connectivity index (χ2v) is 17.8. The first-order valence-corrected chi connectivity index (χ1v) is 23.7. The maximum Gasteiger partial charge on any atom is 0.340 e. The number of hydrazone groups is 2. The number of nitrogens with one attached hydrogen (secondary N) is 4. The Hall–Kier alpha value is -8.04. The first-order chi connectivity index (χ1) is 33.6. The van der Waals surface area contributed by atoms with Crippen molar-refractivity contribution < 1.29 is 38.8 Å². The molecule has 69 heavy (non-hydrogen) atoms. The van der Waals surface area contributed by atoms with Gasteiger partial charge < -0.3 is 40.4 Å². The number of carbonyl (C=O) groups excluding carboxylic acids is 3. The van der Waals surface area contributed by atoms with Crippen molar-refractivity contribution in [3.05, 3.63) is 160 Å². The highest BCUT2D eigenvalue weighted by Gasteiger charge is 2.53. The van der Waals surface area contributed by atoms with Crippen molar-refractivity contribution in [3.63, 3.8) is 0 Å². The molecule has 0 fully saturated rings. The summed E-state index contributed by atoms with van der Waals surface area (Å²) in [7, 11) is 0. The van der Waals surface area contributed by atoms with E-state index in [1.807, 2.05) is 47.8 Å². The van der Waals surface area contributed by atoms with Crippen LogP contribution in [-0.4, -0.2) is 80.8 Å². The molecule has 0 saturated heterocycles. The van der Waals surface area contributed by atoms with Gasteiger partial charge in [-0.1, -0.05) is 48.5 Å². The van der Waals surface area contributed by atoms with E-state index in [0.29, 0.717) is 111 Å². The summed E-state index contributed by atoms with van der Waals surface area (Å²) < 4.78 is 18.0. The van der Waals surface area contributed by atoms with Crippen molar-refractivity contribution in [1.29, 1.82) is 0 Å². The topological polar surface area (TPSA) is 221 Å². The average Bonchev–Trinajstić information content (AvgIpc) is 4.18. The lowest BCUT2D eigenvalue weighted by molar-refractivity contribution is -0.112. The lowest BCUT2D eigenvalue weighted by Crippen LogP contribution is -2.33. The van der Waals surface area contributed by atoms with Gasteiger partial charge in [0.2, 0.25) is 10.3 Å². The fourth-order valence-electron chi connectivity index (χ4n) is 8.00. The summed E-state index contributed by atoms with van der Waals surface area (Å²) >= 11 is 8.16. The zero-order valence-electron chi connectivity index (χ0n) is 36.2. The Balaban J connectivity index is 0.657. The zero-order valence-corrected chi connectivity index (χ0v) is 38.6. The van der Waals surface area contributed by atoms with E-state index in [9.17, 15) is 24.6 Å². The van der Waals surface area contributed by atoms with Crippen LogP contribution < -0.4 is 31.1 Å². The van der Waals surface area contributed by atoms with Gasteiger partial charge in [0.05, 0.1) is 11.3 Å². The third kappa shape index (κ3) is 9.08. The molecule has 5 heterocycles. The van der Waals surface area contributed by atoms with E-state index in [-0.39, 0.29) is 23.1 Å². The van der Waals surface area contributed by atoms with Crippen LogP contribution in [0.4, 0.5) is 16.0 Å². The molecule has 5 aromatic carbocycles. The molecule has 2 amide bonds. The van der Waals surface area contributed by atoms with Gasteiger partial charge in [0, 0.05) is 94.5 Å². The molecule has 0 unspecified atom stereocenters. The van der Waals surface area contributed by atoms with Crippen LogP contribution in [0, 0.1) is 0 Å². The summed E-state index contributed by atoms with van der Waals surface area (Å²) in [6, 6.07) is 30.9. The number of phenols is 2. The second kappa shape index (κ2) is 19.3. The smallest absolute Gasteiger partial charge is 0.340 e. The largest absolute Gasteiger partial charge is 0.508 e. The molecule has 0 aliphatic carbocycles. The molecule has 7 aromatic rings. The molecule has 20 heteroatoms. The van der Waals surface area contributed by atoms with Crippen LogP contribution in [0.15, 0.2) is 136 Å². The standard InChI is InChI=1S/C49H39N9O8S3/c59-32-13-16-36-39(25-32)65-40-26-33(60)14-17-37(40)49(36)35-15-12-31(24-34(35)45(63)66-49)53-46(67)51-19-5-22-64-21-4-18-50-43(61)30-10-8-28(9-11-30)38-27-69-48(54-38)58-44(62)42(55-56-47-52-20-23-68-47)41(57-58)29-6-2-1-3-7-29/h1-3,6-17,20,23-27,59-60H,4-5,18-19,21-22H2,(H,50,61)(H,52,56)(H2,51,53,67)/b55-42-. The summed E-state index contributed by atoms with van der Waals surface area (Å²) in [5.74, 6) is -0.618. The van der Waals surface area contributed by atoms with Crippen LogP contribution in [-0.2, 0) is 19.9 Å². The third-order valence-corrected chi connectivity index (χ3v) is 13.0. The van der Waals surface area contributed by atoms with Crippen molar-refractivity contribution in [2.45, 2.75) is 18.4 Å². The summed E-state index contributed by atoms with van der Waals surface area (Å²) in [6.45, 7) is 1.89. The Morgan fingerprint density at radius 3 is 2.25 bits per heavy atom. The first kappa shape index (κ1) is 44.8. The molecular formula is C49H39N9O8S3. The van der Waals surface area contributed by atoms with Crippen LogP contribution in [0.25, 0.3) is 11.3 Å². The number of fused-ring (bicyclic) bond motifs is 6. The quantitative estimate of drug-likeness (QED) is 0.0248. The van der Waals surface area contributed by atoms with Gasteiger partial charge >= 0.3 is 11.9 Å². The SMILES string of the molecule is O=C(NCCCOCCCNC(=S)Nc1ccc2c(c1)C(=O)OC21c2ccc(O)cc2Oc2cc(O)ccc21)c1ccc(-c2csc(N3N=C(c4ccccc4)/C(=N/Nc4nccs4)C3=O)n2)cc1. The van der Waals surface area contributed by atoms with Crippen molar-refractivity contribution in [2.24, 2.45) is 10.2 Å². The van der Waals surface area contributed by atoms with Gasteiger partial charge in [-0.2, -0.15) is 15.2 Å². The van der Waals surface area contributed by atoms with E-state index >= 15 is 0 Å². The third-order valence-electron chi connectivity index (χ3n) is 11.2. The lowest BCUT2D eigenvalue weighted by Gasteiger charge is -2.36. The summed E-state index contributed by atoms with van der Waals surface area (Å²) in [5, 5.41) is 44.7. The molecule has 0 bridgehead atoms. The van der Waals surface area contributed by atoms with Gasteiger partial charge in [-0.05, 0) is 73.6 Å². The number of thiocarbonyl (C=S) groups is 1. The van der Waals surface area contributed by atoms with Gasteiger partial charge in [0.15, 0.2) is 16.4 Å². The predicted octanol–water partition coefficient (Wildman–Crippen LogP) is 7.98. The number of phenolic OH excluding ortho intramolecular Hbond substituents is 2. The minimum Gasteiger partial charge on any atom is -0.508 e. The van der Waals surface area contributed by atoms with E-state index in [4.69, 9.17) is 31.4 Å². The molecule has 2 aromatic heterocycles. The second-order valence-electron chi connectivity index (χ2n) is 15.7. The van der Waals surface area contributed by atoms with Gasteiger partial charge in [0.25, 0.3) is 5.91 Å². The molecule has 17 nitrogen and oxygen atoms in total. The molecule has 0 radical (unpaired) electrons. The number of hydrogen-bond donors (Lipinski definition) is 6. The Morgan fingerprint density at radius 1 is 0.826 bits per heavy atom. The highest BCUT2D eigenvalue weighted by atomic mass is 32.1. The summed E-state index contributed by atoms with van der Waals surface area (Å²) in [6.07, 6.45) is 2.93. The molecule has 6 N–H and O–H groups in total. The highest BCUT2D eigenvalue weighted by molar-refractivity contribution is 7.80. The number of benzene rings is 5. The molecule has 346 valence electrons. The molecule has 3 aliphatic heterocycles. The number of carbonyl (C=O) groups is 3. The highest BCUT2D eigenvalue weighted by Crippen LogP contribution is 2.57. The molecule has 3 aliphatic rings. The van der Waals surface area contributed by atoms with Gasteiger partial charge in [-0.3, -0.25) is 15.0 Å². The average molecular weight is 978 g/mol. The molecule has 0 atom stereocenters. The minimum absolute atomic E-state index is 0.0205. The maximum absolute atomic E-state index is 13.6. The van der Waals surface area contributed by atoms with Gasteiger partial charge in [0.1, 0.15) is 28.7 Å². The number of aromatic hydroxyl groups is 2. The van der Waals surface area contributed by atoms with E-state index in [1.54, 1.807) is 54.0 Å². The Morgan fingerprint density at radius 2 is 1.54 bits per heavy atom. The van der Waals surface area contributed by atoms with Gasteiger partial charge in [-0.25, -0.2) is 14.8 Å². The molecular weight excluding hydrogens is 939 g/mol. The number of rotatable bonds is 15. The van der Waals surface area contributed by atoms with Crippen molar-refractivity contribution in [2.75, 3.05) is 42.1 Å². The van der Waals surface area contributed by atoms with Crippen LogP contribution in [0.5, 0.6) is 23.0 Å². The zero-order chi connectivity index (χ0) is 47.5. The number of esters is 1. The number of aromatic nitrogens is 2. The first-order valence-electron chi connectivity index (χ1n) is 21.6. The van der Waals surface area contributed by atoms with E-state index in [2.05, 4.69) is 36.6 Å². The van der Waals surface area contributed by atoms with Crippen LogP contribution in [0.3, 0.4) is 0 Å². The Labute approximate surface area is 407 Å². The molecule has 0 saturated carbocycles. The molecule has 1 spiro atoms. The number of thiazole rings is 2. The number of hydrogen-bond acceptors (Lipinski definition) is 16. The molecule has 10 rings (SSSR count). The number of anilines is 3. The van der Waals surface area contributed by atoms with Crippen LogP contribution >= 0.6 is 34.9 Å². The summed E-state index contributed by atoms with van der Waals surface area (Å²) in [4.78, 5) is 48.8. The monoisotopic (exact) mass is 977 g/mol. The van der Waals surface area contributed by atoms with E-state index in [1.165, 1.54) is 51.9 Å². The maximum atomic E-state index is 13.6. The number of amides is 2. The predicted molar refractivity (Wildman–Crippen MR) is 266 cm³/mol. The Bertz CT molecular complexity index is 3130. The lowest BCUT2D eigenvalue weighted by atomic mass is 9.77. The van der Waals surface area contributed by atoms with E-state index in [0.717, 1.165) is 11.1 Å². The van der Waals surface area contributed by atoms with Crippen LogP contribution in [0.1, 0.15) is 55.8 Å². The van der Waals surface area contributed by atoms with Gasteiger partial charge in [-0.15, -0.1) is 22.7 Å². The van der Waals surface area contributed by atoms with Crippen molar-refractivity contribution >= 4 is 85.2 Å². The summed E-state index contributed by atoms with van der Waals surface area (Å²) in [5.41, 5.74) is 7.27. The Kier molecular flexibility index (Phi) is 12.5. The van der Waals surface area contributed by atoms with Crippen LogP contribution in [0.2, 0.25) is 0 Å². The van der Waals surface area contributed by atoms with Crippen molar-refractivity contribution in [3.8, 4) is 34.3 Å². The number of nitrogens with zero attached hydrogens (tertiary/aromatic N) is 5. The van der Waals surface area contributed by atoms with E-state index < -0.39 is 17.5 Å². The fraction of sp³-hybridized carbons (Fsp3) is 0.143.